The summed E-state index contributed by atoms with van der Waals surface area (Å²) in [6.45, 7) is 0. The van der Waals surface area contributed by atoms with Gasteiger partial charge in [-0.25, -0.2) is 0 Å². The molecule has 24 heavy (non-hydrogen) atoms. The number of carbonyl (C=O) groups excluding carboxylic acids is 2. The quantitative estimate of drug-likeness (QED) is 0.729. The maximum Gasteiger partial charge on any atom is 0.255 e. The third-order valence-electron chi connectivity index (χ3n) is 2.82. The molecule has 0 aliphatic heterocycles. The average molecular weight is 404 g/mol. The fraction of sp³-hybridized carbons (Fsp3) is 0. The zero-order valence-electron chi connectivity index (χ0n) is 12.0. The predicted octanol–water partition coefficient (Wildman–Crippen LogP) is 5.01. The van der Waals surface area contributed by atoms with Crippen LogP contribution in [0.15, 0.2) is 48.6 Å². The van der Waals surface area contributed by atoms with Crippen LogP contribution in [0.5, 0.6) is 0 Å². The highest BCUT2D eigenvalue weighted by Crippen LogP contribution is 2.34. The monoisotopic (exact) mass is 402 g/mol. The van der Waals surface area contributed by atoms with E-state index in [1.54, 1.807) is 0 Å². The van der Waals surface area contributed by atoms with Crippen LogP contribution in [0, 0.1) is 0 Å². The first-order valence-electron chi connectivity index (χ1n) is 6.50. The van der Waals surface area contributed by atoms with Crippen LogP contribution in [0.4, 0.5) is 11.4 Å². The van der Waals surface area contributed by atoms with Crippen LogP contribution in [0.2, 0.25) is 20.1 Å². The lowest BCUT2D eigenvalue weighted by atomic mass is 10.2. The first-order chi connectivity index (χ1) is 11.3. The van der Waals surface area contributed by atoms with Crippen molar-refractivity contribution in [3.8, 4) is 0 Å². The third-order valence-corrected chi connectivity index (χ3v) is 3.69. The Bertz CT molecular complexity index is 745. The highest BCUT2D eigenvalue weighted by atomic mass is 35.5. The van der Waals surface area contributed by atoms with Crippen molar-refractivity contribution in [2.45, 2.75) is 0 Å². The summed E-state index contributed by atoms with van der Waals surface area (Å²) in [5.41, 5.74) is 5.79. The second kappa shape index (κ2) is 7.90. The van der Waals surface area contributed by atoms with E-state index in [9.17, 15) is 9.59 Å². The molecule has 4 nitrogen and oxygen atoms in total. The molecule has 0 radical (unpaired) electrons. The van der Waals surface area contributed by atoms with Crippen LogP contribution in [0.25, 0.3) is 0 Å². The molecule has 2 aromatic rings. The van der Waals surface area contributed by atoms with Crippen molar-refractivity contribution in [3.63, 3.8) is 0 Å². The Morgan fingerprint density at radius 2 is 1.12 bits per heavy atom. The molecule has 0 aliphatic carbocycles. The van der Waals surface area contributed by atoms with Crippen LogP contribution < -0.4 is 10.6 Å². The van der Waals surface area contributed by atoms with Crippen molar-refractivity contribution in [2.24, 2.45) is 5.73 Å². The van der Waals surface area contributed by atoms with Crippen LogP contribution in [-0.2, 0) is 9.59 Å². The summed E-state index contributed by atoms with van der Waals surface area (Å²) in [7, 11) is 0. The van der Waals surface area contributed by atoms with E-state index in [1.807, 2.05) is 0 Å². The minimum Gasteiger partial charge on any atom is -0.366 e. The molecule has 2 aromatic carbocycles. The number of carbonyl (C=O) groups is 2. The molecule has 0 unspecified atom stereocenters. The van der Waals surface area contributed by atoms with Gasteiger partial charge < -0.3 is 5.73 Å². The molecule has 2 N–H and O–H groups in total. The van der Waals surface area contributed by atoms with Gasteiger partial charge >= 0.3 is 0 Å². The largest absolute Gasteiger partial charge is 0.366 e. The smallest absolute Gasteiger partial charge is 0.255 e. The number of benzene rings is 2. The minimum atomic E-state index is -0.753. The molecule has 0 atom stereocenters. The maximum absolute atomic E-state index is 12.6. The second-order valence-corrected chi connectivity index (χ2v) is 6.41. The summed E-state index contributed by atoms with van der Waals surface area (Å²) in [4.78, 5) is 24.7. The number of nitrogens with zero attached hydrogens (tertiary/aromatic N) is 1. The van der Waals surface area contributed by atoms with Crippen LogP contribution in [0.3, 0.4) is 0 Å². The Hall–Kier alpha value is -1.72. The first kappa shape index (κ1) is 18.6. The number of nitrogens with two attached hydrogens (primary N) is 1. The average Bonchev–Trinajstić information content (AvgIpc) is 2.43. The van der Waals surface area contributed by atoms with Gasteiger partial charge in [-0.15, -0.1) is 0 Å². The van der Waals surface area contributed by atoms with Crippen molar-refractivity contribution in [1.82, 2.24) is 0 Å². The number of primary amides is 1. The molecule has 0 bridgehead atoms. The van der Waals surface area contributed by atoms with E-state index in [4.69, 9.17) is 52.1 Å². The van der Waals surface area contributed by atoms with E-state index in [2.05, 4.69) is 0 Å². The number of hydrogen-bond donors (Lipinski definition) is 1. The predicted molar refractivity (Wildman–Crippen MR) is 98.4 cm³/mol. The van der Waals surface area contributed by atoms with Crippen molar-refractivity contribution in [3.05, 3.63) is 68.6 Å². The van der Waals surface area contributed by atoms with E-state index in [0.29, 0.717) is 31.5 Å². The maximum atomic E-state index is 12.6. The van der Waals surface area contributed by atoms with E-state index in [0.717, 1.165) is 12.2 Å². The van der Waals surface area contributed by atoms with Gasteiger partial charge in [0.1, 0.15) is 0 Å². The lowest BCUT2D eigenvalue weighted by Crippen LogP contribution is -2.24. The van der Waals surface area contributed by atoms with E-state index < -0.39 is 11.8 Å². The van der Waals surface area contributed by atoms with Crippen LogP contribution in [0.1, 0.15) is 0 Å². The summed E-state index contributed by atoms with van der Waals surface area (Å²) in [6, 6.07) is 9.21. The third kappa shape index (κ3) is 4.89. The van der Waals surface area contributed by atoms with E-state index >= 15 is 0 Å². The van der Waals surface area contributed by atoms with Gasteiger partial charge in [-0.3, -0.25) is 14.5 Å². The molecule has 2 amide bonds. The Morgan fingerprint density at radius 1 is 0.750 bits per heavy atom. The van der Waals surface area contributed by atoms with Crippen LogP contribution >= 0.6 is 46.4 Å². The fourth-order valence-corrected chi connectivity index (χ4v) is 3.00. The summed E-state index contributed by atoms with van der Waals surface area (Å²) in [5, 5.41) is 1.34. The van der Waals surface area contributed by atoms with E-state index in [1.165, 1.54) is 41.3 Å². The van der Waals surface area contributed by atoms with Gasteiger partial charge in [-0.05, 0) is 36.4 Å². The normalized spacial score (nSPS) is 10.8. The van der Waals surface area contributed by atoms with Gasteiger partial charge in [0.05, 0.1) is 11.4 Å². The zero-order chi connectivity index (χ0) is 17.9. The topological polar surface area (TPSA) is 63.4 Å². The number of hydrogen-bond acceptors (Lipinski definition) is 2. The zero-order valence-corrected chi connectivity index (χ0v) is 15.0. The molecule has 8 heteroatoms. The number of anilines is 2. The molecule has 0 spiro atoms. The Kier molecular flexibility index (Phi) is 6.13. The molecule has 2 rings (SSSR count). The highest BCUT2D eigenvalue weighted by Gasteiger charge is 2.18. The lowest BCUT2D eigenvalue weighted by molar-refractivity contribution is -0.115. The summed E-state index contributed by atoms with van der Waals surface area (Å²) < 4.78 is 0. The Labute approximate surface area is 158 Å². The summed E-state index contributed by atoms with van der Waals surface area (Å²) in [6.07, 6.45) is 1.99. The van der Waals surface area contributed by atoms with Crippen molar-refractivity contribution in [1.29, 1.82) is 0 Å². The van der Waals surface area contributed by atoms with Gasteiger partial charge in [0, 0.05) is 32.2 Å². The van der Waals surface area contributed by atoms with Crippen molar-refractivity contribution >= 4 is 69.6 Å². The standard InChI is InChI=1S/C16H10Cl4N2O2/c17-9-3-10(18)6-13(5-9)22(16(24)2-1-15(21)23)14-7-11(19)4-12(20)8-14/h1-8H,(H2,21,23)/b2-1+. The van der Waals surface area contributed by atoms with Gasteiger partial charge in [0.15, 0.2) is 0 Å². The number of rotatable bonds is 4. The van der Waals surface area contributed by atoms with Gasteiger partial charge in [0.25, 0.3) is 5.91 Å². The molecule has 0 fully saturated rings. The number of halogens is 4. The van der Waals surface area contributed by atoms with E-state index in [-0.39, 0.29) is 0 Å². The van der Waals surface area contributed by atoms with Gasteiger partial charge in [-0.1, -0.05) is 46.4 Å². The molecule has 0 saturated carbocycles. The molecular weight excluding hydrogens is 394 g/mol. The number of amides is 2. The molecular formula is C16H10Cl4N2O2. The van der Waals surface area contributed by atoms with Gasteiger partial charge in [-0.2, -0.15) is 0 Å². The molecule has 124 valence electrons. The fourth-order valence-electron chi connectivity index (χ4n) is 1.97. The molecule has 0 aliphatic rings. The molecule has 0 heterocycles. The highest BCUT2D eigenvalue weighted by molar-refractivity contribution is 6.36. The minimum absolute atomic E-state index is 0.335. The van der Waals surface area contributed by atoms with Crippen molar-refractivity contribution < 1.29 is 9.59 Å². The molecule has 0 saturated heterocycles. The summed E-state index contributed by atoms with van der Waals surface area (Å²) >= 11 is 24.0. The Balaban J connectivity index is 2.60. The molecule has 0 aromatic heterocycles. The van der Waals surface area contributed by atoms with Crippen LogP contribution in [-0.4, -0.2) is 11.8 Å². The first-order valence-corrected chi connectivity index (χ1v) is 8.01. The lowest BCUT2D eigenvalue weighted by Gasteiger charge is -2.22. The second-order valence-electron chi connectivity index (χ2n) is 4.66. The SMILES string of the molecule is NC(=O)/C=C/C(=O)N(c1cc(Cl)cc(Cl)c1)c1cc(Cl)cc(Cl)c1. The Morgan fingerprint density at radius 3 is 1.46 bits per heavy atom. The van der Waals surface area contributed by atoms with Gasteiger partial charge in [0.2, 0.25) is 5.91 Å². The van der Waals surface area contributed by atoms with Crippen molar-refractivity contribution in [2.75, 3.05) is 4.90 Å². The summed E-state index contributed by atoms with van der Waals surface area (Å²) in [5.74, 6) is -1.30.